The van der Waals surface area contributed by atoms with Crippen LogP contribution in [-0.4, -0.2) is 86.3 Å². The van der Waals surface area contributed by atoms with Crippen molar-refractivity contribution in [3.63, 3.8) is 0 Å². The summed E-state index contributed by atoms with van der Waals surface area (Å²) >= 11 is 0. The molecule has 2 saturated heterocycles. The number of hydrogen-bond acceptors (Lipinski definition) is 5. The van der Waals surface area contributed by atoms with Crippen molar-refractivity contribution >= 4 is 23.4 Å². The van der Waals surface area contributed by atoms with Crippen LogP contribution in [0.3, 0.4) is 0 Å². The smallest absolute Gasteiger partial charge is 0.272 e. The number of amides is 3. The molecule has 3 amide bonds. The Morgan fingerprint density at radius 2 is 1.96 bits per heavy atom. The van der Waals surface area contributed by atoms with Gasteiger partial charge in [0.1, 0.15) is 11.7 Å². The lowest BCUT2D eigenvalue weighted by atomic mass is 10.1. The zero-order chi connectivity index (χ0) is 18.6. The maximum Gasteiger partial charge on any atom is 0.272 e. The highest BCUT2D eigenvalue weighted by molar-refractivity contribution is 5.97. The summed E-state index contributed by atoms with van der Waals surface area (Å²) in [5, 5.41) is 4.34. The van der Waals surface area contributed by atoms with Crippen molar-refractivity contribution in [2.75, 3.05) is 33.2 Å². The van der Waals surface area contributed by atoms with Gasteiger partial charge in [-0.25, -0.2) is 9.50 Å². The van der Waals surface area contributed by atoms with Gasteiger partial charge in [0.05, 0.1) is 18.8 Å². The number of likely N-dealkylation sites (N-methyl/N-ethyl adjacent to an activating group) is 1. The zero-order valence-corrected chi connectivity index (χ0v) is 15.0. The van der Waals surface area contributed by atoms with Gasteiger partial charge in [-0.15, -0.1) is 0 Å². The second-order valence-electron chi connectivity index (χ2n) is 6.89. The number of aryl methyl sites for hydroxylation is 2. The largest absolute Gasteiger partial charge is 0.335 e. The molecule has 1 atom stereocenters. The van der Waals surface area contributed by atoms with E-state index in [1.165, 1.54) is 4.90 Å². The lowest BCUT2D eigenvalue weighted by Gasteiger charge is -2.45. The molecule has 2 aromatic rings. The fourth-order valence-electron chi connectivity index (χ4n) is 3.61. The van der Waals surface area contributed by atoms with E-state index in [9.17, 15) is 14.4 Å². The lowest BCUT2D eigenvalue weighted by molar-refractivity contribution is -0.157. The zero-order valence-electron chi connectivity index (χ0n) is 15.0. The normalized spacial score (nSPS) is 20.7. The van der Waals surface area contributed by atoms with Gasteiger partial charge in [0.15, 0.2) is 5.65 Å². The van der Waals surface area contributed by atoms with E-state index in [0.29, 0.717) is 24.4 Å². The Morgan fingerprint density at radius 1 is 1.19 bits per heavy atom. The monoisotopic (exact) mass is 356 g/mol. The van der Waals surface area contributed by atoms with Gasteiger partial charge in [0.2, 0.25) is 11.8 Å². The maximum atomic E-state index is 13.0. The van der Waals surface area contributed by atoms with Crippen LogP contribution in [-0.2, 0) is 9.59 Å². The lowest BCUT2D eigenvalue weighted by Crippen LogP contribution is -2.66. The Balaban J connectivity index is 1.61. The fourth-order valence-corrected chi connectivity index (χ4v) is 3.61. The second-order valence-corrected chi connectivity index (χ2v) is 6.89. The third-order valence-electron chi connectivity index (χ3n) is 4.97. The van der Waals surface area contributed by atoms with Crippen LogP contribution in [0.25, 0.3) is 5.65 Å². The van der Waals surface area contributed by atoms with E-state index in [1.807, 2.05) is 19.9 Å². The minimum Gasteiger partial charge on any atom is -0.335 e. The molecule has 0 aliphatic carbocycles. The Kier molecular flexibility index (Phi) is 3.67. The summed E-state index contributed by atoms with van der Waals surface area (Å²) in [6.07, 6.45) is 0. The first-order valence-electron chi connectivity index (χ1n) is 8.53. The molecule has 2 aromatic heterocycles. The minimum absolute atomic E-state index is 0.0747. The molecule has 4 heterocycles. The van der Waals surface area contributed by atoms with Gasteiger partial charge in [-0.1, -0.05) is 0 Å². The number of nitrogens with zero attached hydrogens (tertiary/aromatic N) is 6. The molecular weight excluding hydrogens is 336 g/mol. The van der Waals surface area contributed by atoms with Crippen LogP contribution in [0.5, 0.6) is 0 Å². The summed E-state index contributed by atoms with van der Waals surface area (Å²) in [5.41, 5.74) is 2.58. The summed E-state index contributed by atoms with van der Waals surface area (Å²) in [7, 11) is 1.61. The van der Waals surface area contributed by atoms with Crippen molar-refractivity contribution < 1.29 is 14.4 Å². The average Bonchev–Trinajstić information content (AvgIpc) is 2.99. The van der Waals surface area contributed by atoms with Gasteiger partial charge in [-0.3, -0.25) is 14.4 Å². The number of carbonyl (C=O) groups excluding carboxylic acids is 3. The molecule has 0 aromatic carbocycles. The number of rotatable bonds is 1. The third-order valence-corrected chi connectivity index (χ3v) is 4.97. The van der Waals surface area contributed by atoms with Gasteiger partial charge < -0.3 is 14.7 Å². The summed E-state index contributed by atoms with van der Waals surface area (Å²) in [5.74, 6) is -0.440. The Morgan fingerprint density at radius 3 is 2.73 bits per heavy atom. The van der Waals surface area contributed by atoms with Gasteiger partial charge in [-0.05, 0) is 19.9 Å². The maximum absolute atomic E-state index is 13.0. The number of fused-ring (bicyclic) bond motifs is 2. The van der Waals surface area contributed by atoms with Crippen molar-refractivity contribution in [1.29, 1.82) is 0 Å². The summed E-state index contributed by atoms with van der Waals surface area (Å²) in [6.45, 7) is 4.79. The molecule has 9 heteroatoms. The molecule has 0 N–H and O–H groups in total. The molecule has 9 nitrogen and oxygen atoms in total. The molecule has 0 radical (unpaired) electrons. The molecule has 2 aliphatic heterocycles. The summed E-state index contributed by atoms with van der Waals surface area (Å²) < 4.78 is 1.70. The van der Waals surface area contributed by atoms with Crippen LogP contribution in [0.2, 0.25) is 0 Å². The average molecular weight is 356 g/mol. The molecule has 0 unspecified atom stereocenters. The van der Waals surface area contributed by atoms with Crippen molar-refractivity contribution in [1.82, 2.24) is 29.3 Å². The first-order valence-corrected chi connectivity index (χ1v) is 8.53. The predicted octanol–water partition coefficient (Wildman–Crippen LogP) is -0.529. The van der Waals surface area contributed by atoms with Crippen LogP contribution in [0.4, 0.5) is 0 Å². The molecule has 4 rings (SSSR count). The molecule has 26 heavy (non-hydrogen) atoms. The minimum atomic E-state index is -0.610. The van der Waals surface area contributed by atoms with Crippen LogP contribution in [0.15, 0.2) is 12.1 Å². The SMILES string of the molecule is Cc1cc2nc(C(=O)N3CCN4C(=O)CN(C)C(=O)[C@@H]4C3)cc(C)n2n1. The molecular formula is C17H20N6O3. The number of hydrogen-bond donors (Lipinski definition) is 0. The quantitative estimate of drug-likeness (QED) is 0.685. The van der Waals surface area contributed by atoms with Gasteiger partial charge >= 0.3 is 0 Å². The van der Waals surface area contributed by atoms with Crippen LogP contribution >= 0.6 is 0 Å². The highest BCUT2D eigenvalue weighted by Gasteiger charge is 2.42. The molecule has 0 spiro atoms. The number of piperazine rings is 2. The standard InChI is InChI=1S/C17H20N6O3/c1-10-6-14-18-12(7-11(2)23(14)19-10)16(25)21-4-5-22-13(8-21)17(26)20(3)9-15(22)24/h6-7,13H,4-5,8-9H2,1-3H3/t13-/m0/s1. The topological polar surface area (TPSA) is 91.1 Å². The molecule has 2 fully saturated rings. The van der Waals surface area contributed by atoms with Crippen molar-refractivity contribution in [3.8, 4) is 0 Å². The summed E-state index contributed by atoms with van der Waals surface area (Å²) in [4.78, 5) is 46.5. The Hall–Kier alpha value is -2.97. The van der Waals surface area contributed by atoms with Crippen molar-refractivity contribution in [2.45, 2.75) is 19.9 Å². The molecule has 0 bridgehead atoms. The second kappa shape index (κ2) is 5.79. The van der Waals surface area contributed by atoms with Crippen molar-refractivity contribution in [3.05, 3.63) is 29.2 Å². The number of aromatic nitrogens is 3. The highest BCUT2D eigenvalue weighted by Crippen LogP contribution is 2.19. The van der Waals surface area contributed by atoms with E-state index < -0.39 is 6.04 Å². The first-order chi connectivity index (χ1) is 12.3. The van der Waals surface area contributed by atoms with E-state index in [1.54, 1.807) is 27.4 Å². The van der Waals surface area contributed by atoms with Gasteiger partial charge in [0.25, 0.3) is 5.91 Å². The van der Waals surface area contributed by atoms with E-state index in [0.717, 1.165) is 11.4 Å². The fraction of sp³-hybridized carbons (Fsp3) is 0.471. The third kappa shape index (κ3) is 2.51. The predicted molar refractivity (Wildman–Crippen MR) is 91.5 cm³/mol. The van der Waals surface area contributed by atoms with E-state index >= 15 is 0 Å². The molecule has 2 aliphatic rings. The van der Waals surface area contributed by atoms with Crippen LogP contribution in [0.1, 0.15) is 21.9 Å². The Bertz CT molecular complexity index is 936. The van der Waals surface area contributed by atoms with Crippen molar-refractivity contribution in [2.24, 2.45) is 0 Å². The van der Waals surface area contributed by atoms with E-state index in [4.69, 9.17) is 0 Å². The van der Waals surface area contributed by atoms with Crippen LogP contribution in [0, 0.1) is 13.8 Å². The highest BCUT2D eigenvalue weighted by atomic mass is 16.2. The van der Waals surface area contributed by atoms with Gasteiger partial charge in [-0.2, -0.15) is 5.10 Å². The van der Waals surface area contributed by atoms with Crippen LogP contribution < -0.4 is 0 Å². The van der Waals surface area contributed by atoms with E-state index in [2.05, 4.69) is 10.1 Å². The molecule has 0 saturated carbocycles. The van der Waals surface area contributed by atoms with E-state index in [-0.39, 0.29) is 30.8 Å². The summed E-state index contributed by atoms with van der Waals surface area (Å²) in [6, 6.07) is 2.91. The molecule has 136 valence electrons. The first kappa shape index (κ1) is 16.5. The van der Waals surface area contributed by atoms with Gasteiger partial charge in [0, 0.05) is 31.9 Å². The number of carbonyl (C=O) groups is 3. The Labute approximate surface area is 150 Å².